The minimum Gasteiger partial charge on any atom is -0.469 e. The highest BCUT2D eigenvalue weighted by atomic mass is 19.4. The Balaban J connectivity index is 2.84. The minimum atomic E-state index is -4.46. The summed E-state index contributed by atoms with van der Waals surface area (Å²) < 4.78 is 53.2. The number of ether oxygens (including phenoxy) is 3. The molecule has 0 aliphatic carbocycles. The molecule has 0 bridgehead atoms. The van der Waals surface area contributed by atoms with E-state index in [1.807, 2.05) is 6.92 Å². The van der Waals surface area contributed by atoms with Crippen molar-refractivity contribution in [2.24, 2.45) is 4.99 Å². The Morgan fingerprint density at radius 2 is 1.92 bits per heavy atom. The van der Waals surface area contributed by atoms with Gasteiger partial charge in [0.25, 0.3) is 0 Å². The first-order chi connectivity index (χ1) is 11.4. The molecular weight excluding hydrogens is 327 g/mol. The smallest absolute Gasteiger partial charge is 0.416 e. The maximum Gasteiger partial charge on any atom is 0.416 e. The number of aliphatic imine (C=N–C) groups is 1. The molecule has 8 heteroatoms. The lowest BCUT2D eigenvalue weighted by molar-refractivity contribution is -0.139. The summed E-state index contributed by atoms with van der Waals surface area (Å²) >= 11 is 0. The normalized spacial score (nSPS) is 12.3. The van der Waals surface area contributed by atoms with Gasteiger partial charge in [-0.05, 0) is 25.1 Å². The van der Waals surface area contributed by atoms with Crippen LogP contribution >= 0.6 is 0 Å². The zero-order valence-electron chi connectivity index (χ0n) is 13.6. The molecule has 1 aromatic carbocycles. The number of nitrogens with zero attached hydrogens (tertiary/aromatic N) is 1. The lowest BCUT2D eigenvalue weighted by atomic mass is 10.2. The quantitative estimate of drug-likeness (QED) is 0.390. The van der Waals surface area contributed by atoms with Gasteiger partial charge in [0.05, 0.1) is 50.3 Å². The second-order valence-electron chi connectivity index (χ2n) is 4.73. The first kappa shape index (κ1) is 20.1. The Labute approximate surface area is 138 Å². The molecule has 0 heterocycles. The predicted octanol–water partition coefficient (Wildman–Crippen LogP) is 3.39. The van der Waals surface area contributed by atoms with Gasteiger partial charge in [0.2, 0.25) is 0 Å². The average Bonchev–Trinajstić information content (AvgIpc) is 2.53. The summed E-state index contributed by atoms with van der Waals surface area (Å²) in [6, 6.07) is 4.55. The van der Waals surface area contributed by atoms with Gasteiger partial charge in [-0.15, -0.1) is 0 Å². The molecule has 24 heavy (non-hydrogen) atoms. The van der Waals surface area contributed by atoms with Gasteiger partial charge in [0.15, 0.2) is 0 Å². The third-order valence-electron chi connectivity index (χ3n) is 2.88. The van der Waals surface area contributed by atoms with E-state index in [1.54, 1.807) is 0 Å². The molecule has 134 valence electrons. The lowest BCUT2D eigenvalue weighted by Gasteiger charge is -2.09. The largest absolute Gasteiger partial charge is 0.469 e. The molecule has 0 aliphatic heterocycles. The molecule has 1 rings (SSSR count). The van der Waals surface area contributed by atoms with Crippen LogP contribution in [-0.4, -0.2) is 45.2 Å². The van der Waals surface area contributed by atoms with Crippen molar-refractivity contribution in [1.82, 2.24) is 0 Å². The van der Waals surface area contributed by atoms with Crippen LogP contribution in [0.5, 0.6) is 0 Å². The Morgan fingerprint density at radius 1 is 1.21 bits per heavy atom. The van der Waals surface area contributed by atoms with Crippen molar-refractivity contribution in [2.45, 2.75) is 19.5 Å². The number of hydrogen-bond acceptors (Lipinski definition) is 5. The summed E-state index contributed by atoms with van der Waals surface area (Å²) in [6.07, 6.45) is -4.62. The van der Waals surface area contributed by atoms with E-state index in [0.717, 1.165) is 12.1 Å². The molecule has 0 aliphatic rings. The fourth-order valence-corrected chi connectivity index (χ4v) is 1.75. The van der Waals surface area contributed by atoms with Gasteiger partial charge >= 0.3 is 12.1 Å². The van der Waals surface area contributed by atoms with Gasteiger partial charge in [-0.1, -0.05) is 6.07 Å². The monoisotopic (exact) mass is 347 g/mol. The first-order valence-corrected chi connectivity index (χ1v) is 7.32. The third-order valence-corrected chi connectivity index (χ3v) is 2.88. The molecule has 0 N–H and O–H groups in total. The van der Waals surface area contributed by atoms with Crippen LogP contribution in [0.1, 0.15) is 18.9 Å². The van der Waals surface area contributed by atoms with Gasteiger partial charge in [0.1, 0.15) is 0 Å². The topological polar surface area (TPSA) is 57.1 Å². The summed E-state index contributed by atoms with van der Waals surface area (Å²) in [5.41, 5.74) is -0.437. The zero-order valence-corrected chi connectivity index (χ0v) is 13.6. The molecule has 0 unspecified atom stereocenters. The van der Waals surface area contributed by atoms with Crippen LogP contribution in [0.2, 0.25) is 0 Å². The Morgan fingerprint density at radius 3 is 2.54 bits per heavy atom. The molecule has 0 fully saturated rings. The van der Waals surface area contributed by atoms with Crippen molar-refractivity contribution in [3.05, 3.63) is 29.8 Å². The number of carbonyl (C=O) groups is 1. The standard InChI is InChI=1S/C16H20F3NO4/c1-3-23-7-8-24-11-14(10-15(21)22-2)20-13-6-4-5-12(9-13)16(17,18)19/h4-6,9H,3,7-8,10-11H2,1-2H3. The minimum absolute atomic E-state index is 0.00157. The van der Waals surface area contributed by atoms with Crippen LogP contribution in [-0.2, 0) is 25.2 Å². The van der Waals surface area contributed by atoms with Crippen LogP contribution in [0.15, 0.2) is 29.3 Å². The summed E-state index contributed by atoms with van der Waals surface area (Å²) in [4.78, 5) is 15.5. The van der Waals surface area contributed by atoms with Crippen molar-refractivity contribution in [1.29, 1.82) is 0 Å². The molecular formula is C16H20F3NO4. The number of hydrogen-bond donors (Lipinski definition) is 0. The van der Waals surface area contributed by atoms with Crippen LogP contribution in [0, 0.1) is 0 Å². The summed E-state index contributed by atoms with van der Waals surface area (Å²) in [5, 5.41) is 0. The van der Waals surface area contributed by atoms with Crippen molar-refractivity contribution in [3.63, 3.8) is 0 Å². The predicted molar refractivity (Wildman–Crippen MR) is 82.5 cm³/mol. The van der Waals surface area contributed by atoms with E-state index in [-0.39, 0.29) is 31.0 Å². The number of rotatable bonds is 9. The first-order valence-electron chi connectivity index (χ1n) is 7.32. The fraction of sp³-hybridized carbons (Fsp3) is 0.500. The molecule has 0 aromatic heterocycles. The number of halogens is 3. The Kier molecular flexibility index (Phi) is 8.42. The lowest BCUT2D eigenvalue weighted by Crippen LogP contribution is -2.17. The van der Waals surface area contributed by atoms with Gasteiger partial charge in [0, 0.05) is 6.61 Å². The summed E-state index contributed by atoms with van der Waals surface area (Å²) in [5.74, 6) is -0.547. The summed E-state index contributed by atoms with van der Waals surface area (Å²) in [7, 11) is 1.22. The Hall–Kier alpha value is -1.93. The SMILES string of the molecule is CCOCCOCC(CC(=O)OC)=Nc1cccc(C(F)(F)F)c1. The van der Waals surface area contributed by atoms with Crippen molar-refractivity contribution >= 4 is 17.4 Å². The van der Waals surface area contributed by atoms with Crippen LogP contribution in [0.3, 0.4) is 0 Å². The number of benzene rings is 1. The van der Waals surface area contributed by atoms with Gasteiger partial charge in [-0.2, -0.15) is 13.2 Å². The van der Waals surface area contributed by atoms with Crippen molar-refractivity contribution in [2.75, 3.05) is 33.5 Å². The number of esters is 1. The van der Waals surface area contributed by atoms with Gasteiger partial charge < -0.3 is 14.2 Å². The van der Waals surface area contributed by atoms with Crippen molar-refractivity contribution in [3.8, 4) is 0 Å². The summed E-state index contributed by atoms with van der Waals surface area (Å²) in [6.45, 7) is 3.06. The number of alkyl halides is 3. The third kappa shape index (κ3) is 7.56. The van der Waals surface area contributed by atoms with Crippen LogP contribution < -0.4 is 0 Å². The van der Waals surface area contributed by atoms with E-state index in [2.05, 4.69) is 9.73 Å². The highest BCUT2D eigenvalue weighted by Crippen LogP contribution is 2.31. The molecule has 0 atom stereocenters. The highest BCUT2D eigenvalue weighted by Gasteiger charge is 2.30. The average molecular weight is 347 g/mol. The molecule has 5 nitrogen and oxygen atoms in total. The molecule has 1 aromatic rings. The highest BCUT2D eigenvalue weighted by molar-refractivity contribution is 6.00. The molecule has 0 amide bonds. The number of carbonyl (C=O) groups excluding carboxylic acids is 1. The van der Waals surface area contributed by atoms with E-state index in [4.69, 9.17) is 9.47 Å². The van der Waals surface area contributed by atoms with Gasteiger partial charge in [-0.3, -0.25) is 9.79 Å². The van der Waals surface area contributed by atoms with E-state index < -0.39 is 17.7 Å². The maximum atomic E-state index is 12.7. The van der Waals surface area contributed by atoms with Crippen molar-refractivity contribution < 1.29 is 32.2 Å². The molecule has 0 spiro atoms. The molecule has 0 saturated carbocycles. The van der Waals surface area contributed by atoms with E-state index in [0.29, 0.717) is 13.2 Å². The zero-order chi connectivity index (χ0) is 18.0. The molecule has 0 saturated heterocycles. The Bertz CT molecular complexity index is 558. The van der Waals surface area contributed by atoms with E-state index in [9.17, 15) is 18.0 Å². The second-order valence-corrected chi connectivity index (χ2v) is 4.73. The van der Waals surface area contributed by atoms with Crippen LogP contribution in [0.25, 0.3) is 0 Å². The van der Waals surface area contributed by atoms with E-state index in [1.165, 1.54) is 19.2 Å². The van der Waals surface area contributed by atoms with E-state index >= 15 is 0 Å². The second kappa shape index (κ2) is 10.0. The fourth-order valence-electron chi connectivity index (χ4n) is 1.75. The number of methoxy groups -OCH3 is 1. The van der Waals surface area contributed by atoms with Gasteiger partial charge in [-0.25, -0.2) is 0 Å². The molecule has 0 radical (unpaired) electrons. The maximum absolute atomic E-state index is 12.7. The van der Waals surface area contributed by atoms with Crippen LogP contribution in [0.4, 0.5) is 18.9 Å².